The molecule has 5 nitrogen and oxygen atoms in total. The average molecular weight is 400 g/mol. The van der Waals surface area contributed by atoms with Gasteiger partial charge in [-0.2, -0.15) is 18.3 Å². The highest BCUT2D eigenvalue weighted by molar-refractivity contribution is 7.67. The summed E-state index contributed by atoms with van der Waals surface area (Å²) in [5.41, 5.74) is 0.242. The van der Waals surface area contributed by atoms with Gasteiger partial charge in [0.25, 0.3) is 11.0 Å². The Bertz CT molecular complexity index is 1000. The van der Waals surface area contributed by atoms with Crippen LogP contribution in [0, 0.1) is 5.82 Å². The summed E-state index contributed by atoms with van der Waals surface area (Å²) in [6.45, 7) is -0.184. The minimum absolute atomic E-state index is 0.133. The van der Waals surface area contributed by atoms with Crippen LogP contribution < -0.4 is 0 Å². The Labute approximate surface area is 153 Å². The van der Waals surface area contributed by atoms with E-state index in [1.54, 1.807) is 0 Å². The molecule has 142 valence electrons. The Morgan fingerprint density at radius 3 is 2.19 bits per heavy atom. The summed E-state index contributed by atoms with van der Waals surface area (Å²) in [6, 6.07) is 11.9. The van der Waals surface area contributed by atoms with Gasteiger partial charge < -0.3 is 0 Å². The van der Waals surface area contributed by atoms with Crippen LogP contribution in [0.5, 0.6) is 0 Å². The van der Waals surface area contributed by atoms with Crippen molar-refractivity contribution in [3.63, 3.8) is 0 Å². The molecule has 0 aliphatic rings. The zero-order valence-corrected chi connectivity index (χ0v) is 14.4. The van der Waals surface area contributed by atoms with Crippen molar-refractivity contribution in [3.8, 4) is 16.9 Å². The summed E-state index contributed by atoms with van der Waals surface area (Å²) in [5.74, 6) is -0.512. The Balaban J connectivity index is 2.03. The number of halogens is 4. The molecule has 0 radical (unpaired) electrons. The zero-order valence-electron chi connectivity index (χ0n) is 13.5. The number of alkyl halides is 3. The fourth-order valence-electron chi connectivity index (χ4n) is 2.40. The third-order valence-corrected chi connectivity index (χ3v) is 4.00. The Kier molecular flexibility index (Phi) is 5.29. The first-order chi connectivity index (χ1) is 12.7. The van der Waals surface area contributed by atoms with Crippen LogP contribution in [0.1, 0.15) is 11.3 Å². The average Bonchev–Trinajstić information content (AvgIpc) is 3.07. The minimum Gasteiger partial charge on any atom is -0.267 e. The molecular formula is C17H12F4N2O3S. The number of hydrogen-bond donors (Lipinski definition) is 1. The topological polar surface area (TPSA) is 61.2 Å². The summed E-state index contributed by atoms with van der Waals surface area (Å²) in [6.07, 6.45) is -4.65. The van der Waals surface area contributed by atoms with E-state index in [4.69, 9.17) is 0 Å². The van der Waals surface area contributed by atoms with Crippen molar-refractivity contribution >= 4 is 11.0 Å². The van der Waals surface area contributed by atoms with Crippen molar-refractivity contribution in [1.82, 2.24) is 9.78 Å². The van der Waals surface area contributed by atoms with E-state index in [0.29, 0.717) is 16.8 Å². The van der Waals surface area contributed by atoms with Gasteiger partial charge in [-0.25, -0.2) is 17.5 Å². The number of thiol groups is 1. The first-order valence-electron chi connectivity index (χ1n) is 7.54. The summed E-state index contributed by atoms with van der Waals surface area (Å²) >= 11 is 0. The Morgan fingerprint density at radius 1 is 1.00 bits per heavy atom. The van der Waals surface area contributed by atoms with Gasteiger partial charge in [0.1, 0.15) is 5.82 Å². The SMILES string of the molecule is O=[SH](=O)OCc1ccc(-n2nc(C(F)(F)F)cc2-c2ccc(F)cc2)cc1. The van der Waals surface area contributed by atoms with Gasteiger partial charge in [0.05, 0.1) is 18.0 Å². The standard InChI is InChI=1S/C17H12F4N2O3S/c18-13-5-3-12(4-6-13)15-9-16(17(19,20)21)22-23(15)14-7-1-11(2-8-14)10-26-27(24)25/h1-9,27H,10H2. The van der Waals surface area contributed by atoms with Crippen LogP contribution in [0.3, 0.4) is 0 Å². The highest BCUT2D eigenvalue weighted by Crippen LogP contribution is 2.33. The molecule has 1 heterocycles. The summed E-state index contributed by atoms with van der Waals surface area (Å²) in [4.78, 5) is 0. The van der Waals surface area contributed by atoms with E-state index in [0.717, 1.165) is 22.9 Å². The lowest BCUT2D eigenvalue weighted by atomic mass is 10.1. The smallest absolute Gasteiger partial charge is 0.267 e. The molecule has 0 aliphatic heterocycles. The van der Waals surface area contributed by atoms with Crippen molar-refractivity contribution in [2.24, 2.45) is 0 Å². The number of nitrogens with zero attached hydrogens (tertiary/aromatic N) is 2. The lowest BCUT2D eigenvalue weighted by Gasteiger charge is -2.08. The van der Waals surface area contributed by atoms with Gasteiger partial charge in [-0.05, 0) is 48.0 Å². The largest absolute Gasteiger partial charge is 0.435 e. The lowest BCUT2D eigenvalue weighted by Crippen LogP contribution is -2.07. The molecular weight excluding hydrogens is 388 g/mol. The number of benzene rings is 2. The highest BCUT2D eigenvalue weighted by atomic mass is 32.2. The van der Waals surface area contributed by atoms with Gasteiger partial charge in [0.15, 0.2) is 5.69 Å². The summed E-state index contributed by atoms with van der Waals surface area (Å²) < 4.78 is 78.9. The Hall–Kier alpha value is -2.72. The molecule has 3 aromatic rings. The quantitative estimate of drug-likeness (QED) is 0.524. The third-order valence-electron chi connectivity index (χ3n) is 3.66. The Morgan fingerprint density at radius 2 is 1.63 bits per heavy atom. The van der Waals surface area contributed by atoms with Gasteiger partial charge in [0, 0.05) is 5.56 Å². The summed E-state index contributed by atoms with van der Waals surface area (Å²) in [5, 5.41) is 3.62. The number of aromatic nitrogens is 2. The molecule has 0 saturated heterocycles. The van der Waals surface area contributed by atoms with Crippen LogP contribution in [-0.2, 0) is 28.0 Å². The molecule has 0 amide bonds. The fraction of sp³-hybridized carbons (Fsp3) is 0.118. The van der Waals surface area contributed by atoms with Gasteiger partial charge in [-0.3, -0.25) is 4.18 Å². The number of rotatable bonds is 5. The normalized spacial score (nSPS) is 11.9. The van der Waals surface area contributed by atoms with Crippen molar-refractivity contribution in [3.05, 3.63) is 71.7 Å². The first kappa shape index (κ1) is 19.1. The van der Waals surface area contributed by atoms with Gasteiger partial charge in [0.2, 0.25) is 0 Å². The van der Waals surface area contributed by atoms with E-state index in [2.05, 4.69) is 9.28 Å². The fourth-order valence-corrected chi connectivity index (χ4v) is 2.66. The van der Waals surface area contributed by atoms with E-state index >= 15 is 0 Å². The van der Waals surface area contributed by atoms with Gasteiger partial charge in [-0.1, -0.05) is 12.1 Å². The molecule has 3 rings (SSSR count). The van der Waals surface area contributed by atoms with Crippen LogP contribution in [-0.4, -0.2) is 18.2 Å². The molecule has 10 heteroatoms. The molecule has 0 fully saturated rings. The van der Waals surface area contributed by atoms with Crippen LogP contribution in [0.15, 0.2) is 54.6 Å². The second-order valence-corrected chi connectivity index (χ2v) is 6.20. The van der Waals surface area contributed by atoms with Crippen LogP contribution in [0.2, 0.25) is 0 Å². The predicted molar refractivity (Wildman–Crippen MR) is 89.1 cm³/mol. The van der Waals surface area contributed by atoms with Gasteiger partial charge in [-0.15, -0.1) is 0 Å². The van der Waals surface area contributed by atoms with Crippen LogP contribution in [0.25, 0.3) is 16.9 Å². The lowest BCUT2D eigenvalue weighted by molar-refractivity contribution is -0.141. The van der Waals surface area contributed by atoms with Crippen LogP contribution >= 0.6 is 0 Å². The maximum atomic E-state index is 13.1. The van der Waals surface area contributed by atoms with E-state index in [1.807, 2.05) is 0 Å². The zero-order chi connectivity index (χ0) is 19.6. The molecule has 0 unspecified atom stereocenters. The molecule has 0 atom stereocenters. The van der Waals surface area contributed by atoms with Gasteiger partial charge >= 0.3 is 6.18 Å². The predicted octanol–water partition coefficient (Wildman–Crippen LogP) is 3.74. The van der Waals surface area contributed by atoms with E-state index in [-0.39, 0.29) is 12.3 Å². The van der Waals surface area contributed by atoms with Crippen molar-refractivity contribution in [2.75, 3.05) is 0 Å². The molecule has 1 aromatic heterocycles. The minimum atomic E-state index is -4.65. The van der Waals surface area contributed by atoms with Crippen LogP contribution in [0.4, 0.5) is 17.6 Å². The summed E-state index contributed by atoms with van der Waals surface area (Å²) in [7, 11) is -3.00. The second-order valence-electron chi connectivity index (χ2n) is 5.49. The monoisotopic (exact) mass is 400 g/mol. The maximum Gasteiger partial charge on any atom is 0.435 e. The first-order valence-corrected chi connectivity index (χ1v) is 8.63. The molecule has 0 saturated carbocycles. The maximum absolute atomic E-state index is 13.1. The molecule has 27 heavy (non-hydrogen) atoms. The van der Waals surface area contributed by atoms with E-state index < -0.39 is 28.7 Å². The van der Waals surface area contributed by atoms with Crippen molar-refractivity contribution < 1.29 is 30.2 Å². The number of hydrogen-bond acceptors (Lipinski definition) is 4. The molecule has 0 bridgehead atoms. The second kappa shape index (κ2) is 7.49. The molecule has 0 N–H and O–H groups in total. The van der Waals surface area contributed by atoms with E-state index in [9.17, 15) is 26.0 Å². The van der Waals surface area contributed by atoms with Crippen molar-refractivity contribution in [1.29, 1.82) is 0 Å². The molecule has 2 aromatic carbocycles. The molecule has 0 spiro atoms. The molecule has 0 aliphatic carbocycles. The highest BCUT2D eigenvalue weighted by Gasteiger charge is 2.35. The van der Waals surface area contributed by atoms with E-state index in [1.165, 1.54) is 36.4 Å². The van der Waals surface area contributed by atoms with Crippen molar-refractivity contribution in [2.45, 2.75) is 12.8 Å². The third kappa shape index (κ3) is 4.52.